The Labute approximate surface area is 230 Å². The molecule has 39 heavy (non-hydrogen) atoms. The van der Waals surface area contributed by atoms with Gasteiger partial charge < -0.3 is 29.6 Å². The maximum atomic E-state index is 14.2. The Balaban J connectivity index is 1.68. The smallest absolute Gasteiger partial charge is 0.323 e. The normalized spacial score (nSPS) is 18.3. The molecule has 1 fully saturated rings. The summed E-state index contributed by atoms with van der Waals surface area (Å²) >= 11 is 0. The average molecular weight is 570 g/mol. The van der Waals surface area contributed by atoms with Gasteiger partial charge in [-0.15, -0.1) is 0 Å². The summed E-state index contributed by atoms with van der Waals surface area (Å²) in [6.07, 6.45) is 6.49. The quantitative estimate of drug-likeness (QED) is 0.0950. The molecule has 0 amide bonds. The molecule has 1 saturated carbocycles. The van der Waals surface area contributed by atoms with E-state index in [-0.39, 0.29) is 18.3 Å². The van der Waals surface area contributed by atoms with Crippen molar-refractivity contribution in [1.82, 2.24) is 29.7 Å². The SMILES string of the molecule is CCCCCOC(O)C(C)(C)N[P@](=O)(CO[C@H](C)Cn1cnc2c(N)ncnc21)N[C@H](C)C(=O)OC1CCC1. The molecule has 0 bridgehead atoms. The van der Waals surface area contributed by atoms with E-state index >= 15 is 0 Å². The fourth-order valence-corrected chi connectivity index (χ4v) is 6.53. The molecular formula is C25H44N7O6P. The van der Waals surface area contributed by atoms with Crippen LogP contribution in [-0.4, -0.2) is 73.6 Å². The maximum absolute atomic E-state index is 14.2. The first-order valence-corrected chi connectivity index (χ1v) is 15.5. The van der Waals surface area contributed by atoms with Gasteiger partial charge in [0.25, 0.3) is 0 Å². The minimum atomic E-state index is -3.62. The van der Waals surface area contributed by atoms with Gasteiger partial charge in [0.2, 0.25) is 7.44 Å². The Morgan fingerprint density at radius 2 is 2.00 bits per heavy atom. The van der Waals surface area contributed by atoms with Gasteiger partial charge in [0.1, 0.15) is 30.3 Å². The van der Waals surface area contributed by atoms with E-state index in [0.29, 0.717) is 24.3 Å². The molecule has 0 spiro atoms. The highest BCUT2D eigenvalue weighted by molar-refractivity contribution is 7.59. The van der Waals surface area contributed by atoms with Crippen LogP contribution < -0.4 is 15.9 Å². The molecule has 1 unspecified atom stereocenters. The summed E-state index contributed by atoms with van der Waals surface area (Å²) in [7, 11) is -3.62. The number of unbranched alkanes of at least 4 members (excludes halogenated alkanes) is 2. The summed E-state index contributed by atoms with van der Waals surface area (Å²) in [5, 5.41) is 16.6. The minimum Gasteiger partial charge on any atom is -0.461 e. The molecule has 0 aliphatic heterocycles. The fraction of sp³-hybridized carbons (Fsp3) is 0.760. The van der Waals surface area contributed by atoms with Crippen molar-refractivity contribution < 1.29 is 28.7 Å². The fourth-order valence-electron chi connectivity index (χ4n) is 4.09. The molecule has 13 nitrogen and oxygen atoms in total. The number of imidazole rings is 1. The number of aliphatic hydroxyl groups is 1. The zero-order valence-corrected chi connectivity index (χ0v) is 24.5. The summed E-state index contributed by atoms with van der Waals surface area (Å²) in [6, 6.07) is -0.862. The number of aliphatic hydroxyl groups excluding tert-OH is 1. The molecule has 2 aromatic rings. The van der Waals surface area contributed by atoms with Gasteiger partial charge >= 0.3 is 5.97 Å². The van der Waals surface area contributed by atoms with Crippen molar-refractivity contribution in [3.63, 3.8) is 0 Å². The van der Waals surface area contributed by atoms with Crippen LogP contribution in [0, 0.1) is 0 Å². The summed E-state index contributed by atoms with van der Waals surface area (Å²) in [5.74, 6) is -0.197. The molecule has 0 saturated heterocycles. The number of fused-ring (bicyclic) bond motifs is 1. The number of rotatable bonds is 17. The van der Waals surface area contributed by atoms with Crippen molar-refractivity contribution in [1.29, 1.82) is 0 Å². The Morgan fingerprint density at radius 3 is 2.67 bits per heavy atom. The van der Waals surface area contributed by atoms with E-state index in [1.54, 1.807) is 31.7 Å². The predicted molar refractivity (Wildman–Crippen MR) is 148 cm³/mol. The number of hydrogen-bond acceptors (Lipinski definition) is 10. The number of nitrogens with two attached hydrogens (primary N) is 1. The zero-order chi connectivity index (χ0) is 28.6. The van der Waals surface area contributed by atoms with Gasteiger partial charge in [0.15, 0.2) is 17.8 Å². The number of nitrogens with zero attached hydrogens (tertiary/aromatic N) is 4. The number of carbonyl (C=O) groups excluding carboxylic acids is 1. The van der Waals surface area contributed by atoms with Crippen LogP contribution in [0.15, 0.2) is 12.7 Å². The predicted octanol–water partition coefficient (Wildman–Crippen LogP) is 2.93. The van der Waals surface area contributed by atoms with Crippen molar-refractivity contribution in [2.75, 3.05) is 18.7 Å². The highest BCUT2D eigenvalue weighted by atomic mass is 31.2. The highest BCUT2D eigenvalue weighted by Crippen LogP contribution is 2.41. The van der Waals surface area contributed by atoms with Crippen LogP contribution in [0.5, 0.6) is 0 Å². The lowest BCUT2D eigenvalue weighted by atomic mass is 9.96. The van der Waals surface area contributed by atoms with Crippen molar-refractivity contribution in [2.24, 2.45) is 0 Å². The number of ether oxygens (including phenoxy) is 3. The lowest BCUT2D eigenvalue weighted by Gasteiger charge is -2.37. The number of nitrogen functional groups attached to an aromatic ring is 1. The molecule has 5 N–H and O–H groups in total. The Hall–Kier alpha value is -2.15. The van der Waals surface area contributed by atoms with E-state index in [9.17, 15) is 14.5 Å². The number of aromatic nitrogens is 4. The molecule has 0 radical (unpaired) electrons. The van der Waals surface area contributed by atoms with Gasteiger partial charge in [-0.3, -0.25) is 9.36 Å². The summed E-state index contributed by atoms with van der Waals surface area (Å²) in [4.78, 5) is 25.1. The third kappa shape index (κ3) is 8.92. The number of hydrogen-bond donors (Lipinski definition) is 4. The Morgan fingerprint density at radius 1 is 1.26 bits per heavy atom. The zero-order valence-electron chi connectivity index (χ0n) is 23.6. The summed E-state index contributed by atoms with van der Waals surface area (Å²) in [5.41, 5.74) is 5.82. The lowest BCUT2D eigenvalue weighted by molar-refractivity contribution is -0.154. The van der Waals surface area contributed by atoms with Crippen molar-refractivity contribution >= 4 is 30.4 Å². The van der Waals surface area contributed by atoms with Crippen LogP contribution in [0.3, 0.4) is 0 Å². The van der Waals surface area contributed by atoms with E-state index in [2.05, 4.69) is 32.1 Å². The van der Waals surface area contributed by atoms with E-state index in [1.807, 2.05) is 6.92 Å². The van der Waals surface area contributed by atoms with Crippen LogP contribution >= 0.6 is 7.44 Å². The van der Waals surface area contributed by atoms with Crippen LogP contribution in [0.1, 0.15) is 73.1 Å². The van der Waals surface area contributed by atoms with Crippen molar-refractivity contribution in [3.05, 3.63) is 12.7 Å². The number of carbonyl (C=O) groups is 1. The molecular weight excluding hydrogens is 525 g/mol. The number of nitrogens with one attached hydrogen (secondary N) is 2. The number of esters is 1. The van der Waals surface area contributed by atoms with E-state index in [4.69, 9.17) is 19.9 Å². The number of anilines is 1. The monoisotopic (exact) mass is 569 g/mol. The van der Waals surface area contributed by atoms with Crippen LogP contribution in [0.2, 0.25) is 0 Å². The third-order valence-corrected chi connectivity index (χ3v) is 8.88. The Kier molecular flexibility index (Phi) is 11.2. The van der Waals surface area contributed by atoms with Crippen LogP contribution in [-0.2, 0) is 30.1 Å². The third-order valence-electron chi connectivity index (χ3n) is 6.62. The Bertz CT molecular complexity index is 1130. The minimum absolute atomic E-state index is 0.0944. The second-order valence-corrected chi connectivity index (χ2v) is 13.0. The lowest BCUT2D eigenvalue weighted by Crippen LogP contribution is -2.52. The first-order chi connectivity index (χ1) is 18.4. The first-order valence-electron chi connectivity index (χ1n) is 13.6. The maximum Gasteiger partial charge on any atom is 0.323 e. The van der Waals surface area contributed by atoms with E-state index in [0.717, 1.165) is 38.5 Å². The van der Waals surface area contributed by atoms with Gasteiger partial charge in [-0.25, -0.2) is 25.1 Å². The second kappa shape index (κ2) is 14.0. The van der Waals surface area contributed by atoms with Gasteiger partial charge in [0.05, 0.1) is 24.5 Å². The molecule has 3 rings (SSSR count). The molecule has 0 aromatic carbocycles. The molecule has 14 heteroatoms. The standard InChI is InChI=1S/C25H44N7O6P/c1-6-7-8-12-36-24(34)25(4,5)31-39(35,30-18(3)23(33)38-19-10-9-11-19)16-37-17(2)13-32-15-29-20-21(26)27-14-28-22(20)32/h14-15,17-19,24,34H,6-13,16H2,1-5H3,(H2,26,27,28)(H2,30,31,35)/t17-,18-,24?,39+/m1/s1. The first kappa shape index (κ1) is 31.4. The highest BCUT2D eigenvalue weighted by Gasteiger charge is 2.39. The van der Waals surface area contributed by atoms with Gasteiger partial charge in [-0.05, 0) is 53.4 Å². The van der Waals surface area contributed by atoms with E-state index < -0.39 is 37.4 Å². The van der Waals surface area contributed by atoms with Crippen LogP contribution in [0.4, 0.5) is 5.82 Å². The largest absolute Gasteiger partial charge is 0.461 e. The van der Waals surface area contributed by atoms with Crippen molar-refractivity contribution in [3.8, 4) is 0 Å². The second-order valence-electron chi connectivity index (χ2n) is 10.8. The summed E-state index contributed by atoms with van der Waals surface area (Å²) in [6.45, 7) is 9.63. The molecule has 1 aliphatic rings. The van der Waals surface area contributed by atoms with Crippen LogP contribution in [0.25, 0.3) is 11.2 Å². The summed E-state index contributed by atoms with van der Waals surface area (Å²) < 4.78 is 33.1. The molecule has 2 aromatic heterocycles. The topological polar surface area (TPSA) is 176 Å². The molecule has 2 heterocycles. The van der Waals surface area contributed by atoms with Gasteiger partial charge in [0, 0.05) is 6.61 Å². The molecule has 4 atom stereocenters. The molecule has 220 valence electrons. The van der Waals surface area contributed by atoms with Gasteiger partial charge in [-0.2, -0.15) is 0 Å². The van der Waals surface area contributed by atoms with E-state index in [1.165, 1.54) is 6.33 Å². The van der Waals surface area contributed by atoms with Crippen molar-refractivity contribution in [2.45, 2.75) is 110 Å². The van der Waals surface area contributed by atoms with Gasteiger partial charge in [-0.1, -0.05) is 19.8 Å². The average Bonchev–Trinajstić information content (AvgIpc) is 3.26. The molecule has 1 aliphatic carbocycles.